The molecule has 0 radical (unpaired) electrons. The van der Waals surface area contributed by atoms with Gasteiger partial charge in [-0.2, -0.15) is 0 Å². The SMILES string of the molecule is CC#CC(=O)N[C@@]1(C)CCCN(c2c(F)cc(C(N)O)c3[nH]c(C)c(Cl)c23)C1. The predicted octanol–water partition coefficient (Wildman–Crippen LogP) is 2.72. The number of aliphatic hydroxyl groups is 1. The lowest BCUT2D eigenvalue weighted by molar-refractivity contribution is -0.117. The Morgan fingerprint density at radius 1 is 1.57 bits per heavy atom. The van der Waals surface area contributed by atoms with Gasteiger partial charge in [0.1, 0.15) is 12.0 Å². The Balaban J connectivity index is 2.08. The van der Waals surface area contributed by atoms with Gasteiger partial charge >= 0.3 is 0 Å². The molecule has 150 valence electrons. The van der Waals surface area contributed by atoms with Crippen molar-refractivity contribution in [1.82, 2.24) is 10.3 Å². The van der Waals surface area contributed by atoms with Crippen LogP contribution < -0.4 is 16.0 Å². The summed E-state index contributed by atoms with van der Waals surface area (Å²) < 4.78 is 15.2. The van der Waals surface area contributed by atoms with Crippen molar-refractivity contribution in [3.63, 3.8) is 0 Å². The highest BCUT2D eigenvalue weighted by atomic mass is 35.5. The molecule has 5 N–H and O–H groups in total. The molecule has 1 aliphatic heterocycles. The first kappa shape index (κ1) is 20.5. The van der Waals surface area contributed by atoms with E-state index < -0.39 is 17.6 Å². The van der Waals surface area contributed by atoms with Crippen molar-refractivity contribution >= 4 is 34.1 Å². The number of nitrogens with one attached hydrogen (secondary N) is 2. The fourth-order valence-electron chi connectivity index (χ4n) is 3.93. The summed E-state index contributed by atoms with van der Waals surface area (Å²) in [6, 6.07) is 1.24. The second kappa shape index (κ2) is 7.63. The van der Waals surface area contributed by atoms with Crippen LogP contribution in [0.5, 0.6) is 0 Å². The van der Waals surface area contributed by atoms with Crippen LogP contribution in [0.25, 0.3) is 10.9 Å². The number of hydrogen-bond acceptors (Lipinski definition) is 4. The Hall–Kier alpha value is -2.27. The van der Waals surface area contributed by atoms with Gasteiger partial charge in [0.2, 0.25) is 0 Å². The maximum Gasteiger partial charge on any atom is 0.296 e. The number of H-pyrrole nitrogens is 1. The number of aromatic nitrogens is 1. The quantitative estimate of drug-likeness (QED) is 0.465. The molecule has 0 bridgehead atoms. The molecular formula is C20H24ClFN4O2. The van der Waals surface area contributed by atoms with Gasteiger partial charge in [-0.15, -0.1) is 0 Å². The van der Waals surface area contributed by atoms with Crippen LogP contribution in [0.2, 0.25) is 5.02 Å². The van der Waals surface area contributed by atoms with E-state index in [4.69, 9.17) is 17.3 Å². The molecule has 1 amide bonds. The molecular weight excluding hydrogens is 383 g/mol. The van der Waals surface area contributed by atoms with Gasteiger partial charge in [-0.1, -0.05) is 17.5 Å². The van der Waals surface area contributed by atoms with E-state index in [2.05, 4.69) is 22.1 Å². The fraction of sp³-hybridized carbons (Fsp3) is 0.450. The highest BCUT2D eigenvalue weighted by Gasteiger charge is 2.35. The maximum atomic E-state index is 15.2. The second-order valence-electron chi connectivity index (χ2n) is 7.47. The van der Waals surface area contributed by atoms with Crippen molar-refractivity contribution < 1.29 is 14.3 Å². The first-order chi connectivity index (χ1) is 13.2. The lowest BCUT2D eigenvalue weighted by Gasteiger charge is -2.42. The molecule has 0 spiro atoms. The molecule has 1 aromatic carbocycles. The van der Waals surface area contributed by atoms with Gasteiger partial charge in [-0.25, -0.2) is 4.39 Å². The number of amides is 1. The number of aliphatic hydroxyl groups excluding tert-OH is 1. The van der Waals surface area contributed by atoms with E-state index in [1.807, 2.05) is 11.8 Å². The zero-order chi connectivity index (χ0) is 20.6. The largest absolute Gasteiger partial charge is 0.374 e. The summed E-state index contributed by atoms with van der Waals surface area (Å²) in [6.45, 7) is 6.32. The van der Waals surface area contributed by atoms with Crippen molar-refractivity contribution in [2.75, 3.05) is 18.0 Å². The number of aromatic amines is 1. The molecule has 3 rings (SSSR count). The summed E-state index contributed by atoms with van der Waals surface area (Å²) in [5.74, 6) is 4.20. The standard InChI is InChI=1S/C20H24ClFN4O2/c1-4-6-14(27)25-20(3)7-5-8-26(10-20)18-13(22)9-12(19(23)28)17-15(18)16(21)11(2)24-17/h9,19,24,28H,5,7-8,10,23H2,1-3H3,(H,25,27)/t19?,20-/m0/s1. The molecule has 1 unspecified atom stereocenters. The number of nitrogens with two attached hydrogens (primary N) is 1. The summed E-state index contributed by atoms with van der Waals surface area (Å²) in [7, 11) is 0. The van der Waals surface area contributed by atoms with Crippen molar-refractivity contribution in [2.45, 2.75) is 45.4 Å². The maximum absolute atomic E-state index is 15.2. The summed E-state index contributed by atoms with van der Waals surface area (Å²) in [5, 5.41) is 13.7. The first-order valence-electron chi connectivity index (χ1n) is 9.10. The van der Waals surface area contributed by atoms with Gasteiger partial charge in [0, 0.05) is 29.7 Å². The highest BCUT2D eigenvalue weighted by Crippen LogP contribution is 2.41. The van der Waals surface area contributed by atoms with Crippen LogP contribution in [-0.2, 0) is 4.79 Å². The van der Waals surface area contributed by atoms with Gasteiger partial charge in [0.15, 0.2) is 0 Å². The number of piperidine rings is 1. The average Bonchev–Trinajstić information content (AvgIpc) is 2.89. The van der Waals surface area contributed by atoms with Crippen molar-refractivity contribution in [3.8, 4) is 11.8 Å². The average molecular weight is 407 g/mol. The van der Waals surface area contributed by atoms with E-state index in [9.17, 15) is 9.90 Å². The van der Waals surface area contributed by atoms with Crippen LogP contribution in [0.4, 0.5) is 10.1 Å². The monoisotopic (exact) mass is 406 g/mol. The van der Waals surface area contributed by atoms with Crippen LogP contribution in [0.3, 0.4) is 0 Å². The van der Waals surface area contributed by atoms with Gasteiger partial charge in [0.25, 0.3) is 5.91 Å². The van der Waals surface area contributed by atoms with Crippen molar-refractivity contribution in [2.24, 2.45) is 5.73 Å². The van der Waals surface area contributed by atoms with E-state index in [-0.39, 0.29) is 11.5 Å². The highest BCUT2D eigenvalue weighted by molar-refractivity contribution is 6.37. The van der Waals surface area contributed by atoms with E-state index in [0.717, 1.165) is 12.8 Å². The van der Waals surface area contributed by atoms with E-state index in [0.29, 0.717) is 40.4 Å². The van der Waals surface area contributed by atoms with Gasteiger partial charge in [0.05, 0.1) is 21.8 Å². The number of halogens is 2. The lowest BCUT2D eigenvalue weighted by Crippen LogP contribution is -2.57. The molecule has 6 nitrogen and oxygen atoms in total. The molecule has 1 fully saturated rings. The molecule has 28 heavy (non-hydrogen) atoms. The Kier molecular flexibility index (Phi) is 5.57. The Morgan fingerprint density at radius 3 is 2.93 bits per heavy atom. The van der Waals surface area contributed by atoms with Crippen LogP contribution in [0.15, 0.2) is 6.07 Å². The number of carbonyl (C=O) groups is 1. The summed E-state index contributed by atoms with van der Waals surface area (Å²) in [4.78, 5) is 17.0. The van der Waals surface area contributed by atoms with E-state index in [1.165, 1.54) is 6.07 Å². The second-order valence-corrected chi connectivity index (χ2v) is 7.85. The van der Waals surface area contributed by atoms with E-state index >= 15 is 4.39 Å². The van der Waals surface area contributed by atoms with Gasteiger partial charge in [-0.3, -0.25) is 4.79 Å². The van der Waals surface area contributed by atoms with Crippen LogP contribution in [0, 0.1) is 24.6 Å². The molecule has 2 atom stereocenters. The molecule has 0 aliphatic carbocycles. The van der Waals surface area contributed by atoms with Crippen molar-refractivity contribution in [1.29, 1.82) is 0 Å². The molecule has 1 aliphatic rings. The molecule has 2 aromatic rings. The smallest absolute Gasteiger partial charge is 0.296 e. The topological polar surface area (TPSA) is 94.4 Å². The zero-order valence-corrected chi connectivity index (χ0v) is 16.9. The predicted molar refractivity (Wildman–Crippen MR) is 109 cm³/mol. The minimum absolute atomic E-state index is 0.248. The minimum Gasteiger partial charge on any atom is -0.374 e. The minimum atomic E-state index is -1.33. The van der Waals surface area contributed by atoms with Crippen LogP contribution in [-0.4, -0.2) is 34.6 Å². The Labute approximate surface area is 168 Å². The van der Waals surface area contributed by atoms with Crippen LogP contribution >= 0.6 is 11.6 Å². The third-order valence-corrected chi connectivity index (χ3v) is 5.60. The normalized spacial score (nSPS) is 20.6. The summed E-state index contributed by atoms with van der Waals surface area (Å²) in [5.41, 5.74) is 6.83. The fourth-order valence-corrected chi connectivity index (χ4v) is 4.16. The first-order valence-corrected chi connectivity index (χ1v) is 9.48. The van der Waals surface area contributed by atoms with Crippen molar-refractivity contribution in [3.05, 3.63) is 28.2 Å². The molecule has 8 heteroatoms. The number of aryl methyl sites for hydroxylation is 1. The molecule has 2 heterocycles. The van der Waals surface area contributed by atoms with E-state index in [1.54, 1.807) is 13.8 Å². The molecule has 1 saturated heterocycles. The van der Waals surface area contributed by atoms with Gasteiger partial charge in [-0.05, 0) is 45.6 Å². The number of rotatable bonds is 3. The number of nitrogens with zero attached hydrogens (tertiary/aromatic N) is 1. The van der Waals surface area contributed by atoms with Crippen LogP contribution in [0.1, 0.15) is 44.2 Å². The summed E-state index contributed by atoms with van der Waals surface area (Å²) >= 11 is 6.48. The number of fused-ring (bicyclic) bond motifs is 1. The molecule has 0 saturated carbocycles. The number of carbonyl (C=O) groups excluding carboxylic acids is 1. The summed E-state index contributed by atoms with van der Waals surface area (Å²) in [6.07, 6.45) is 0.184. The third kappa shape index (κ3) is 3.68. The Bertz CT molecular complexity index is 992. The van der Waals surface area contributed by atoms with Gasteiger partial charge < -0.3 is 26.0 Å². The Morgan fingerprint density at radius 2 is 2.29 bits per heavy atom. The lowest BCUT2D eigenvalue weighted by atomic mass is 9.90. The number of benzene rings is 1. The number of anilines is 1. The molecule has 1 aromatic heterocycles. The zero-order valence-electron chi connectivity index (χ0n) is 16.1. The third-order valence-electron chi connectivity index (χ3n) is 5.13. The number of hydrogen-bond donors (Lipinski definition) is 4.